The molecule has 0 aromatic heterocycles. The summed E-state index contributed by atoms with van der Waals surface area (Å²) in [6.07, 6.45) is 4.10. The molecule has 7 heteroatoms. The molecule has 0 amide bonds. The maximum absolute atomic E-state index is 12.9. The van der Waals surface area contributed by atoms with E-state index < -0.39 is 0 Å². The Bertz CT molecular complexity index is 721. The van der Waals surface area contributed by atoms with Gasteiger partial charge in [0.05, 0.1) is 16.7 Å². The minimum atomic E-state index is -0.226. The molecule has 0 atom stereocenters. The minimum Gasteiger partial charge on any atom is -0.490 e. The fourth-order valence-corrected chi connectivity index (χ4v) is 2.92. The standard InChI is InChI=1S/C19H17Cl4FO2/c20-16-11-15(25-10-8-18(22)23)12-17(21)19(16)26-9-2-1-3-13-4-6-14(24)7-5-13/h4-8,11-12H,1-3,9-10H2. The van der Waals surface area contributed by atoms with E-state index in [1.165, 1.54) is 18.2 Å². The van der Waals surface area contributed by atoms with Crippen molar-refractivity contribution in [1.82, 2.24) is 0 Å². The van der Waals surface area contributed by atoms with E-state index in [-0.39, 0.29) is 16.9 Å². The molecule has 0 bridgehead atoms. The molecule has 0 fully saturated rings. The van der Waals surface area contributed by atoms with Crippen LogP contribution in [-0.2, 0) is 6.42 Å². The highest BCUT2D eigenvalue weighted by molar-refractivity contribution is 6.55. The number of halogens is 5. The van der Waals surface area contributed by atoms with Crippen molar-refractivity contribution in [2.24, 2.45) is 0 Å². The van der Waals surface area contributed by atoms with E-state index >= 15 is 0 Å². The van der Waals surface area contributed by atoms with Crippen molar-refractivity contribution < 1.29 is 13.9 Å². The molecule has 140 valence electrons. The number of hydrogen-bond acceptors (Lipinski definition) is 2. The molecule has 2 rings (SSSR count). The van der Waals surface area contributed by atoms with Gasteiger partial charge in [0.2, 0.25) is 0 Å². The Kier molecular flexibility index (Phi) is 8.86. The Morgan fingerprint density at radius 2 is 1.62 bits per heavy atom. The van der Waals surface area contributed by atoms with E-state index in [2.05, 4.69) is 0 Å². The third-order valence-corrected chi connectivity index (χ3v) is 4.35. The summed E-state index contributed by atoms with van der Waals surface area (Å²) in [5.41, 5.74) is 1.09. The first-order chi connectivity index (χ1) is 12.5. The maximum atomic E-state index is 12.9. The van der Waals surface area contributed by atoms with Crippen LogP contribution in [0.25, 0.3) is 0 Å². The summed E-state index contributed by atoms with van der Waals surface area (Å²) in [5.74, 6) is 0.693. The first kappa shape index (κ1) is 21.2. The molecule has 0 spiro atoms. The third kappa shape index (κ3) is 7.24. The largest absolute Gasteiger partial charge is 0.490 e. The Balaban J connectivity index is 1.79. The smallest absolute Gasteiger partial charge is 0.156 e. The molecule has 0 aliphatic rings. The molecule has 2 nitrogen and oxygen atoms in total. The van der Waals surface area contributed by atoms with Crippen molar-refractivity contribution >= 4 is 46.4 Å². The number of rotatable bonds is 9. The predicted octanol–water partition coefficient (Wildman–Crippen LogP) is 7.23. The summed E-state index contributed by atoms with van der Waals surface area (Å²) in [5, 5.41) is 0.735. The van der Waals surface area contributed by atoms with Gasteiger partial charge in [0.1, 0.15) is 22.7 Å². The van der Waals surface area contributed by atoms with Gasteiger partial charge in [-0.15, -0.1) is 0 Å². The molecular weight excluding hydrogens is 421 g/mol. The van der Waals surface area contributed by atoms with E-state index in [0.29, 0.717) is 28.2 Å². The first-order valence-corrected chi connectivity index (χ1v) is 9.47. The van der Waals surface area contributed by atoms with Gasteiger partial charge in [-0.25, -0.2) is 4.39 Å². The average Bonchev–Trinajstić information content (AvgIpc) is 2.58. The highest BCUT2D eigenvalue weighted by Crippen LogP contribution is 2.37. The summed E-state index contributed by atoms with van der Waals surface area (Å²) in [4.78, 5) is 0. The Morgan fingerprint density at radius 1 is 0.962 bits per heavy atom. The van der Waals surface area contributed by atoms with Crippen molar-refractivity contribution in [2.45, 2.75) is 19.3 Å². The minimum absolute atomic E-state index is 0.128. The van der Waals surface area contributed by atoms with Gasteiger partial charge < -0.3 is 9.47 Å². The van der Waals surface area contributed by atoms with Crippen LogP contribution in [-0.4, -0.2) is 13.2 Å². The van der Waals surface area contributed by atoms with Crippen molar-refractivity contribution in [3.63, 3.8) is 0 Å². The number of hydrogen-bond donors (Lipinski definition) is 0. The Labute approximate surface area is 172 Å². The second-order valence-electron chi connectivity index (χ2n) is 5.45. The summed E-state index contributed by atoms with van der Waals surface area (Å²) in [6, 6.07) is 9.75. The monoisotopic (exact) mass is 436 g/mol. The highest BCUT2D eigenvalue weighted by atomic mass is 35.5. The lowest BCUT2D eigenvalue weighted by Crippen LogP contribution is -2.00. The fraction of sp³-hybridized carbons (Fsp3) is 0.263. The number of unbranched alkanes of at least 4 members (excludes halogenated alkanes) is 1. The van der Waals surface area contributed by atoms with Crippen molar-refractivity contribution in [3.8, 4) is 11.5 Å². The number of benzene rings is 2. The molecular formula is C19H17Cl4FO2. The lowest BCUT2D eigenvalue weighted by atomic mass is 10.1. The van der Waals surface area contributed by atoms with Crippen LogP contribution in [0, 0.1) is 5.82 Å². The molecule has 0 saturated heterocycles. The van der Waals surface area contributed by atoms with Crippen LogP contribution >= 0.6 is 46.4 Å². The quantitative estimate of drug-likeness (QED) is 0.385. The van der Waals surface area contributed by atoms with Crippen LogP contribution in [0.3, 0.4) is 0 Å². The third-order valence-electron chi connectivity index (χ3n) is 3.48. The summed E-state index contributed by atoms with van der Waals surface area (Å²) in [6.45, 7) is 0.685. The Morgan fingerprint density at radius 3 is 2.23 bits per heavy atom. The SMILES string of the molecule is Fc1ccc(CCCCOc2c(Cl)cc(OCC=C(Cl)Cl)cc2Cl)cc1. The van der Waals surface area contributed by atoms with E-state index in [1.54, 1.807) is 24.3 Å². The van der Waals surface area contributed by atoms with Crippen LogP contribution in [0.4, 0.5) is 4.39 Å². The van der Waals surface area contributed by atoms with Gasteiger partial charge in [0.15, 0.2) is 5.75 Å². The molecule has 0 aliphatic heterocycles. The van der Waals surface area contributed by atoms with E-state index in [4.69, 9.17) is 55.9 Å². The van der Waals surface area contributed by atoms with Gasteiger partial charge in [-0.3, -0.25) is 0 Å². The van der Waals surface area contributed by atoms with E-state index in [9.17, 15) is 4.39 Å². The van der Waals surface area contributed by atoms with Gasteiger partial charge in [-0.05, 0) is 43.0 Å². The zero-order chi connectivity index (χ0) is 18.9. The molecule has 2 aromatic rings. The molecule has 0 N–H and O–H groups in total. The van der Waals surface area contributed by atoms with Crippen LogP contribution in [0.2, 0.25) is 10.0 Å². The molecule has 2 aromatic carbocycles. The summed E-state index contributed by atoms with van der Waals surface area (Å²) >= 11 is 23.5. The van der Waals surface area contributed by atoms with Crippen LogP contribution in [0.5, 0.6) is 11.5 Å². The molecule has 0 aliphatic carbocycles. The summed E-state index contributed by atoms with van der Waals surface area (Å²) < 4.78 is 24.1. The highest BCUT2D eigenvalue weighted by Gasteiger charge is 2.10. The van der Waals surface area contributed by atoms with Crippen molar-refractivity contribution in [2.75, 3.05) is 13.2 Å². The molecule has 0 saturated carbocycles. The lowest BCUT2D eigenvalue weighted by molar-refractivity contribution is 0.306. The van der Waals surface area contributed by atoms with Gasteiger partial charge in [0, 0.05) is 12.1 Å². The normalized spacial score (nSPS) is 10.5. The van der Waals surface area contributed by atoms with Crippen molar-refractivity contribution in [3.05, 3.63) is 68.4 Å². The Hall–Kier alpha value is -1.13. The second-order valence-corrected chi connectivity index (χ2v) is 7.28. The first-order valence-electron chi connectivity index (χ1n) is 7.96. The maximum Gasteiger partial charge on any atom is 0.156 e. The number of ether oxygens (including phenoxy) is 2. The van der Waals surface area contributed by atoms with Gasteiger partial charge in [-0.1, -0.05) is 58.5 Å². The average molecular weight is 438 g/mol. The number of aryl methyl sites for hydroxylation is 1. The zero-order valence-electron chi connectivity index (χ0n) is 13.8. The van der Waals surface area contributed by atoms with Gasteiger partial charge in [-0.2, -0.15) is 0 Å². The topological polar surface area (TPSA) is 18.5 Å². The molecule has 0 unspecified atom stereocenters. The zero-order valence-corrected chi connectivity index (χ0v) is 16.8. The molecule has 0 heterocycles. The fourth-order valence-electron chi connectivity index (χ4n) is 2.22. The van der Waals surface area contributed by atoms with Gasteiger partial charge >= 0.3 is 0 Å². The van der Waals surface area contributed by atoms with E-state index in [1.807, 2.05) is 0 Å². The van der Waals surface area contributed by atoms with Crippen LogP contribution < -0.4 is 9.47 Å². The lowest BCUT2D eigenvalue weighted by Gasteiger charge is -2.12. The van der Waals surface area contributed by atoms with Crippen LogP contribution in [0.15, 0.2) is 47.0 Å². The molecule has 0 radical (unpaired) electrons. The van der Waals surface area contributed by atoms with Crippen LogP contribution in [0.1, 0.15) is 18.4 Å². The second kappa shape index (κ2) is 10.9. The summed E-state index contributed by atoms with van der Waals surface area (Å²) in [7, 11) is 0. The van der Waals surface area contributed by atoms with Gasteiger partial charge in [0.25, 0.3) is 0 Å². The van der Waals surface area contributed by atoms with E-state index in [0.717, 1.165) is 24.8 Å². The van der Waals surface area contributed by atoms with Crippen molar-refractivity contribution in [1.29, 1.82) is 0 Å². The predicted molar refractivity (Wildman–Crippen MR) is 107 cm³/mol. The molecule has 26 heavy (non-hydrogen) atoms.